The number of nitrogens with one attached hydrogen (secondary N) is 1. The molecule has 0 saturated carbocycles. The minimum Gasteiger partial charge on any atom is -0.494 e. The third-order valence-corrected chi connectivity index (χ3v) is 4.43. The highest BCUT2D eigenvalue weighted by molar-refractivity contribution is 6.31. The third-order valence-electron chi connectivity index (χ3n) is 4.14. The molecule has 0 aliphatic carbocycles. The molecule has 1 aliphatic rings. The Balaban J connectivity index is 1.66. The predicted molar refractivity (Wildman–Crippen MR) is 98.1 cm³/mol. The molecule has 7 heteroatoms. The molecule has 1 fully saturated rings. The number of amides is 2. The topological polar surface area (TPSA) is 58.6 Å². The summed E-state index contributed by atoms with van der Waals surface area (Å²) in [6, 6.07) is 11.1. The normalized spacial score (nSPS) is 16.7. The first-order chi connectivity index (χ1) is 12.5. The van der Waals surface area contributed by atoms with E-state index in [9.17, 15) is 14.0 Å². The van der Waals surface area contributed by atoms with Gasteiger partial charge in [0.15, 0.2) is 0 Å². The Morgan fingerprint density at radius 3 is 2.69 bits per heavy atom. The van der Waals surface area contributed by atoms with Crippen molar-refractivity contribution in [2.75, 3.05) is 23.4 Å². The molecule has 0 spiro atoms. The van der Waals surface area contributed by atoms with Crippen LogP contribution in [0.15, 0.2) is 42.5 Å². The minimum absolute atomic E-state index is 0.0682. The maximum atomic E-state index is 13.2. The lowest BCUT2D eigenvalue weighted by atomic mass is 10.1. The van der Waals surface area contributed by atoms with Crippen molar-refractivity contribution in [2.24, 2.45) is 5.92 Å². The van der Waals surface area contributed by atoms with Crippen molar-refractivity contribution in [1.82, 2.24) is 0 Å². The molecule has 1 N–H and O–H groups in total. The molecule has 0 radical (unpaired) electrons. The largest absolute Gasteiger partial charge is 0.494 e. The lowest BCUT2D eigenvalue weighted by Crippen LogP contribution is -2.28. The van der Waals surface area contributed by atoms with Crippen LogP contribution in [0.3, 0.4) is 0 Å². The van der Waals surface area contributed by atoms with Crippen molar-refractivity contribution in [3.8, 4) is 5.75 Å². The second-order valence-electron chi connectivity index (χ2n) is 5.95. The molecule has 2 aromatic carbocycles. The van der Waals surface area contributed by atoms with Crippen LogP contribution < -0.4 is 15.0 Å². The van der Waals surface area contributed by atoms with E-state index in [2.05, 4.69) is 5.32 Å². The number of hydrogen-bond donors (Lipinski definition) is 1. The summed E-state index contributed by atoms with van der Waals surface area (Å²) in [6.45, 7) is 2.75. The molecule has 0 bridgehead atoms. The molecule has 0 aromatic heterocycles. The second-order valence-corrected chi connectivity index (χ2v) is 6.36. The van der Waals surface area contributed by atoms with Crippen LogP contribution >= 0.6 is 11.6 Å². The number of rotatable bonds is 5. The summed E-state index contributed by atoms with van der Waals surface area (Å²) in [7, 11) is 0. The lowest BCUT2D eigenvalue weighted by Gasteiger charge is -2.17. The molecule has 2 aromatic rings. The Kier molecular flexibility index (Phi) is 5.42. The van der Waals surface area contributed by atoms with E-state index in [-0.39, 0.29) is 29.8 Å². The van der Waals surface area contributed by atoms with E-state index in [4.69, 9.17) is 16.3 Å². The predicted octanol–water partition coefficient (Wildman–Crippen LogP) is 3.87. The van der Waals surface area contributed by atoms with E-state index in [1.54, 1.807) is 29.2 Å². The van der Waals surface area contributed by atoms with Gasteiger partial charge in [-0.25, -0.2) is 4.39 Å². The maximum Gasteiger partial charge on any atom is 0.229 e. The first kappa shape index (κ1) is 18.2. The van der Waals surface area contributed by atoms with Crippen LogP contribution in [0.25, 0.3) is 0 Å². The molecule has 2 amide bonds. The first-order valence-corrected chi connectivity index (χ1v) is 8.65. The summed E-state index contributed by atoms with van der Waals surface area (Å²) < 4.78 is 18.6. The number of hydrogen-bond acceptors (Lipinski definition) is 3. The fourth-order valence-electron chi connectivity index (χ4n) is 2.84. The summed E-state index contributed by atoms with van der Waals surface area (Å²) in [5, 5.41) is 2.61. The summed E-state index contributed by atoms with van der Waals surface area (Å²) in [5.74, 6) is -0.730. The van der Waals surface area contributed by atoms with E-state index in [1.807, 2.05) is 6.92 Å². The smallest absolute Gasteiger partial charge is 0.229 e. The molecular formula is C19H18ClFN2O3. The summed E-state index contributed by atoms with van der Waals surface area (Å²) in [6.07, 6.45) is 0.119. The van der Waals surface area contributed by atoms with Crippen molar-refractivity contribution in [1.29, 1.82) is 0 Å². The van der Waals surface area contributed by atoms with Crippen molar-refractivity contribution in [3.05, 3.63) is 53.3 Å². The molecule has 0 unspecified atom stereocenters. The summed E-state index contributed by atoms with van der Waals surface area (Å²) in [4.78, 5) is 26.3. The van der Waals surface area contributed by atoms with Gasteiger partial charge < -0.3 is 15.0 Å². The third kappa shape index (κ3) is 3.96. The zero-order valence-electron chi connectivity index (χ0n) is 14.2. The van der Waals surface area contributed by atoms with Crippen LogP contribution in [0.4, 0.5) is 15.8 Å². The number of benzene rings is 2. The van der Waals surface area contributed by atoms with Crippen LogP contribution in [0, 0.1) is 11.7 Å². The minimum atomic E-state index is -0.553. The molecule has 1 heterocycles. The molecule has 1 atom stereocenters. The molecule has 1 aliphatic heterocycles. The quantitative estimate of drug-likeness (QED) is 0.861. The van der Waals surface area contributed by atoms with Crippen LogP contribution in [-0.4, -0.2) is 25.0 Å². The number of carbonyl (C=O) groups excluding carboxylic acids is 2. The van der Waals surface area contributed by atoms with Crippen LogP contribution in [0.1, 0.15) is 13.3 Å². The van der Waals surface area contributed by atoms with E-state index in [0.29, 0.717) is 12.3 Å². The average Bonchev–Trinajstić information content (AvgIpc) is 3.01. The van der Waals surface area contributed by atoms with E-state index >= 15 is 0 Å². The van der Waals surface area contributed by atoms with Crippen molar-refractivity contribution in [3.63, 3.8) is 0 Å². The fourth-order valence-corrected chi connectivity index (χ4v) is 3.02. The molecule has 3 rings (SSSR count). The highest BCUT2D eigenvalue weighted by Gasteiger charge is 2.35. The Morgan fingerprint density at radius 2 is 2.04 bits per heavy atom. The highest BCUT2D eigenvalue weighted by atomic mass is 35.5. The van der Waals surface area contributed by atoms with E-state index < -0.39 is 11.7 Å². The lowest BCUT2D eigenvalue weighted by molar-refractivity contribution is -0.122. The van der Waals surface area contributed by atoms with Gasteiger partial charge in [0.2, 0.25) is 11.8 Å². The molecule has 136 valence electrons. The fraction of sp³-hybridized carbons (Fsp3) is 0.263. The number of halogens is 2. The monoisotopic (exact) mass is 376 g/mol. The van der Waals surface area contributed by atoms with E-state index in [0.717, 1.165) is 11.4 Å². The molecule has 1 saturated heterocycles. The Bertz CT molecular complexity index is 826. The Labute approximate surface area is 155 Å². The second kappa shape index (κ2) is 7.74. The van der Waals surface area contributed by atoms with Gasteiger partial charge in [-0.05, 0) is 49.4 Å². The Hall–Kier alpha value is -2.60. The van der Waals surface area contributed by atoms with Crippen molar-refractivity contribution in [2.45, 2.75) is 13.3 Å². The van der Waals surface area contributed by atoms with Crippen LogP contribution in [-0.2, 0) is 9.59 Å². The number of anilines is 2. The Morgan fingerprint density at radius 1 is 1.31 bits per heavy atom. The highest BCUT2D eigenvalue weighted by Crippen LogP contribution is 2.28. The van der Waals surface area contributed by atoms with Crippen LogP contribution in [0.2, 0.25) is 5.02 Å². The zero-order valence-corrected chi connectivity index (χ0v) is 14.9. The molecular weight excluding hydrogens is 359 g/mol. The number of carbonyl (C=O) groups is 2. The average molecular weight is 377 g/mol. The standard InChI is InChI=1S/C19H18ClFN2O3/c1-2-26-15-6-4-14(5-7-15)23-11-12(9-18(23)24)19(25)22-13-3-8-17(21)16(20)10-13/h3-8,10,12H,2,9,11H2,1H3,(H,22,25)/t12-/m0/s1. The zero-order chi connectivity index (χ0) is 18.7. The number of nitrogens with zero attached hydrogens (tertiary/aromatic N) is 1. The van der Waals surface area contributed by atoms with Gasteiger partial charge >= 0.3 is 0 Å². The van der Waals surface area contributed by atoms with Gasteiger partial charge in [0, 0.05) is 24.3 Å². The number of ether oxygens (including phenoxy) is 1. The molecule has 26 heavy (non-hydrogen) atoms. The maximum absolute atomic E-state index is 13.2. The van der Waals surface area contributed by atoms with Gasteiger partial charge in [0.25, 0.3) is 0 Å². The van der Waals surface area contributed by atoms with E-state index in [1.165, 1.54) is 18.2 Å². The van der Waals surface area contributed by atoms with Gasteiger partial charge in [-0.3, -0.25) is 9.59 Å². The van der Waals surface area contributed by atoms with Gasteiger partial charge in [-0.15, -0.1) is 0 Å². The van der Waals surface area contributed by atoms with Gasteiger partial charge in [0.05, 0.1) is 17.5 Å². The molecule has 5 nitrogen and oxygen atoms in total. The van der Waals surface area contributed by atoms with Crippen molar-refractivity contribution >= 4 is 34.8 Å². The van der Waals surface area contributed by atoms with Crippen LogP contribution in [0.5, 0.6) is 5.75 Å². The van der Waals surface area contributed by atoms with Crippen molar-refractivity contribution < 1.29 is 18.7 Å². The SMILES string of the molecule is CCOc1ccc(N2C[C@@H](C(=O)Nc3ccc(F)c(Cl)c3)CC2=O)cc1. The van der Waals surface area contributed by atoms with Gasteiger partial charge in [0.1, 0.15) is 11.6 Å². The summed E-state index contributed by atoms with van der Waals surface area (Å²) in [5.41, 5.74) is 1.12. The summed E-state index contributed by atoms with van der Waals surface area (Å²) >= 11 is 5.72. The van der Waals surface area contributed by atoms with Gasteiger partial charge in [-0.1, -0.05) is 11.6 Å². The first-order valence-electron chi connectivity index (χ1n) is 8.27. The van der Waals surface area contributed by atoms with Gasteiger partial charge in [-0.2, -0.15) is 0 Å².